The summed E-state index contributed by atoms with van der Waals surface area (Å²) in [6.07, 6.45) is 2.38. The number of aliphatic carboxylic acids is 1. The third-order valence-corrected chi connectivity index (χ3v) is 12.0. The number of nitrogens with zero attached hydrogens (tertiary/aromatic N) is 2. The Morgan fingerprint density at radius 2 is 1.75 bits per heavy atom. The Kier molecular flexibility index (Phi) is 7.72. The van der Waals surface area contributed by atoms with Crippen LogP contribution in [0.1, 0.15) is 44.1 Å². The Morgan fingerprint density at radius 3 is 2.41 bits per heavy atom. The summed E-state index contributed by atoms with van der Waals surface area (Å²) in [5.41, 5.74) is 0.570. The molecule has 2 aliphatic heterocycles. The van der Waals surface area contributed by atoms with E-state index in [4.69, 9.17) is 9.84 Å². The van der Waals surface area contributed by atoms with Gasteiger partial charge in [-0.3, -0.25) is 28.9 Å². The van der Waals surface area contributed by atoms with Crippen molar-refractivity contribution in [3.8, 4) is 11.5 Å². The number of hydrogen-bond donors (Lipinski definition) is 2. The van der Waals surface area contributed by atoms with Crippen LogP contribution in [0.2, 0.25) is 0 Å². The number of allylic oxidation sites excluding steroid dienone is 2. The smallest absolute Gasteiger partial charge is 0.303 e. The normalized spacial score (nSPS) is 29.4. The van der Waals surface area contributed by atoms with Crippen LogP contribution in [0.5, 0.6) is 11.5 Å². The Labute approximate surface area is 270 Å². The van der Waals surface area contributed by atoms with Gasteiger partial charge in [0.15, 0.2) is 11.5 Å². The molecule has 230 valence electrons. The molecule has 44 heavy (non-hydrogen) atoms. The topological polar surface area (TPSA) is 142 Å². The van der Waals surface area contributed by atoms with Gasteiger partial charge >= 0.3 is 5.97 Å². The van der Waals surface area contributed by atoms with E-state index in [2.05, 4.69) is 31.9 Å². The van der Waals surface area contributed by atoms with Crippen molar-refractivity contribution in [2.24, 2.45) is 29.1 Å². The number of methoxy groups -OCH3 is 1. The zero-order chi connectivity index (χ0) is 31.7. The minimum atomic E-state index is -1.27. The lowest BCUT2D eigenvalue weighted by molar-refractivity contribution is -0.142. The number of carbonyl (C=O) groups is 5. The van der Waals surface area contributed by atoms with Gasteiger partial charge in [-0.1, -0.05) is 29.8 Å². The van der Waals surface area contributed by atoms with Crippen LogP contribution in [0.4, 0.5) is 5.69 Å². The van der Waals surface area contributed by atoms with Crippen molar-refractivity contribution in [1.29, 1.82) is 0 Å². The SMILES string of the molecule is COc1cc(C2C3=CCC4C(=O)N(CCCC(=O)O)C(=O)C4C3CC3C(=O)N(c4ccccc4)C(=O)C32C)c(Br)c(Br)c1O. The van der Waals surface area contributed by atoms with Crippen LogP contribution in [0.3, 0.4) is 0 Å². The van der Waals surface area contributed by atoms with E-state index >= 15 is 0 Å². The van der Waals surface area contributed by atoms with Gasteiger partial charge in [0.25, 0.3) is 0 Å². The Bertz CT molecular complexity index is 1640. The summed E-state index contributed by atoms with van der Waals surface area (Å²) < 4.78 is 6.27. The molecule has 1 saturated carbocycles. The summed E-state index contributed by atoms with van der Waals surface area (Å²) in [5, 5.41) is 19.8. The molecule has 2 saturated heterocycles. The van der Waals surface area contributed by atoms with Crippen LogP contribution in [-0.4, -0.2) is 58.4 Å². The second kappa shape index (κ2) is 11.1. The molecule has 6 rings (SSSR count). The molecule has 6 atom stereocenters. The number of anilines is 1. The highest BCUT2D eigenvalue weighted by Crippen LogP contribution is 2.65. The molecule has 10 nitrogen and oxygen atoms in total. The van der Waals surface area contributed by atoms with E-state index < -0.39 is 41.0 Å². The summed E-state index contributed by atoms with van der Waals surface area (Å²) in [6, 6.07) is 10.4. The molecule has 6 unspecified atom stereocenters. The second-order valence-corrected chi connectivity index (χ2v) is 13.6. The van der Waals surface area contributed by atoms with Crippen molar-refractivity contribution in [3.05, 3.63) is 62.6 Å². The quantitative estimate of drug-likeness (QED) is 0.299. The van der Waals surface area contributed by atoms with Crippen LogP contribution in [0.25, 0.3) is 0 Å². The second-order valence-electron chi connectivity index (χ2n) is 12.0. The van der Waals surface area contributed by atoms with Crippen molar-refractivity contribution in [2.75, 3.05) is 18.6 Å². The number of imide groups is 2. The third-order valence-electron chi connectivity index (χ3n) is 9.86. The number of amides is 4. The van der Waals surface area contributed by atoms with Gasteiger partial charge in [-0.15, -0.1) is 0 Å². The highest BCUT2D eigenvalue weighted by atomic mass is 79.9. The molecule has 2 aromatic rings. The fourth-order valence-electron chi connectivity index (χ4n) is 7.83. The number of carboxylic acid groups (broad SMARTS) is 1. The number of fused-ring (bicyclic) bond motifs is 4. The number of hydrogen-bond acceptors (Lipinski definition) is 7. The van der Waals surface area contributed by atoms with E-state index in [0.717, 1.165) is 5.57 Å². The first-order chi connectivity index (χ1) is 20.9. The van der Waals surface area contributed by atoms with Gasteiger partial charge in [0.2, 0.25) is 23.6 Å². The molecular formula is C32H30Br2N2O8. The van der Waals surface area contributed by atoms with Crippen molar-refractivity contribution in [1.82, 2.24) is 4.90 Å². The first kappa shape index (κ1) is 30.5. The molecular weight excluding hydrogens is 700 g/mol. The lowest BCUT2D eigenvalue weighted by Crippen LogP contribution is -2.49. The molecule has 0 radical (unpaired) electrons. The average molecular weight is 730 g/mol. The lowest BCUT2D eigenvalue weighted by Gasteiger charge is -2.49. The van der Waals surface area contributed by atoms with Crippen LogP contribution >= 0.6 is 31.9 Å². The number of halogens is 2. The fraction of sp³-hybridized carbons (Fsp3) is 0.406. The first-order valence-corrected chi connectivity index (χ1v) is 16.0. The summed E-state index contributed by atoms with van der Waals surface area (Å²) in [5.74, 6) is -5.83. The van der Waals surface area contributed by atoms with E-state index in [1.807, 2.05) is 6.08 Å². The van der Waals surface area contributed by atoms with Gasteiger partial charge in [0, 0.05) is 23.4 Å². The van der Waals surface area contributed by atoms with Crippen molar-refractivity contribution >= 4 is 67.1 Å². The number of likely N-dealkylation sites (tertiary alicyclic amines) is 1. The number of carbonyl (C=O) groups excluding carboxylic acids is 4. The van der Waals surface area contributed by atoms with Crippen LogP contribution in [-0.2, 0) is 24.0 Å². The van der Waals surface area contributed by atoms with Crippen molar-refractivity contribution in [2.45, 2.75) is 38.5 Å². The monoisotopic (exact) mass is 728 g/mol. The maximum absolute atomic E-state index is 14.5. The zero-order valence-corrected chi connectivity index (χ0v) is 27.1. The van der Waals surface area contributed by atoms with Crippen LogP contribution < -0.4 is 9.64 Å². The van der Waals surface area contributed by atoms with Gasteiger partial charge in [0.1, 0.15) is 0 Å². The average Bonchev–Trinajstić information content (AvgIpc) is 3.36. The summed E-state index contributed by atoms with van der Waals surface area (Å²) >= 11 is 7.05. The minimum Gasteiger partial charge on any atom is -0.503 e. The fourth-order valence-corrected chi connectivity index (χ4v) is 8.79. The van der Waals surface area contributed by atoms with Gasteiger partial charge in [-0.25, -0.2) is 4.90 Å². The molecule has 4 amide bonds. The molecule has 2 aromatic carbocycles. The number of ether oxygens (including phenoxy) is 1. The highest BCUT2D eigenvalue weighted by molar-refractivity contribution is 9.13. The molecule has 2 N–H and O–H groups in total. The highest BCUT2D eigenvalue weighted by Gasteiger charge is 2.67. The van der Waals surface area contributed by atoms with E-state index in [9.17, 15) is 29.1 Å². The minimum absolute atomic E-state index is 0.0104. The predicted molar refractivity (Wildman–Crippen MR) is 165 cm³/mol. The number of carboxylic acids is 1. The van der Waals surface area contributed by atoms with Gasteiger partial charge in [-0.05, 0) is 87.7 Å². The molecule has 3 fully saturated rings. The van der Waals surface area contributed by atoms with Crippen LogP contribution in [0, 0.1) is 29.1 Å². The molecule has 0 aromatic heterocycles. The Hall–Kier alpha value is -3.51. The summed E-state index contributed by atoms with van der Waals surface area (Å²) in [6.45, 7) is 1.80. The molecule has 2 heterocycles. The van der Waals surface area contributed by atoms with Gasteiger partial charge in [0.05, 0.1) is 40.4 Å². The van der Waals surface area contributed by atoms with E-state index in [1.165, 1.54) is 16.9 Å². The Morgan fingerprint density at radius 1 is 1.05 bits per heavy atom. The summed E-state index contributed by atoms with van der Waals surface area (Å²) in [4.78, 5) is 69.6. The third kappa shape index (κ3) is 4.35. The number of benzene rings is 2. The van der Waals surface area contributed by atoms with E-state index in [0.29, 0.717) is 20.2 Å². The maximum atomic E-state index is 14.5. The molecule has 0 bridgehead atoms. The molecule has 0 spiro atoms. The number of phenolic OH excluding ortho intramolecular Hbond substituents is 1. The van der Waals surface area contributed by atoms with E-state index in [-0.39, 0.29) is 67.4 Å². The zero-order valence-electron chi connectivity index (χ0n) is 24.0. The number of rotatable bonds is 7. The van der Waals surface area contributed by atoms with Crippen molar-refractivity contribution < 1.29 is 38.9 Å². The molecule has 4 aliphatic rings. The first-order valence-electron chi connectivity index (χ1n) is 14.4. The number of aromatic hydroxyl groups is 1. The largest absolute Gasteiger partial charge is 0.503 e. The van der Waals surface area contributed by atoms with Gasteiger partial charge in [-0.2, -0.15) is 0 Å². The number of phenols is 1. The Balaban J connectivity index is 1.50. The van der Waals surface area contributed by atoms with E-state index in [1.54, 1.807) is 43.3 Å². The molecule has 2 aliphatic carbocycles. The standard InChI is InChI=1S/C32H30Br2N2O8/c1-32-20(29(41)36(31(32)43)15-7-4-3-5-8-15)13-18-16(24(32)19-14-21(44-2)27(39)26(34)25(19)33)10-11-17-23(18)30(42)35(28(17)40)12-6-9-22(37)38/h3-5,7-8,10,14,17-18,20,23-24,39H,6,9,11-13H2,1-2H3,(H,37,38). The number of para-hydroxylation sites is 1. The summed E-state index contributed by atoms with van der Waals surface area (Å²) in [7, 11) is 1.42. The van der Waals surface area contributed by atoms with Crippen LogP contribution in [0.15, 0.2) is 57.0 Å². The maximum Gasteiger partial charge on any atom is 0.303 e. The molecule has 12 heteroatoms. The van der Waals surface area contributed by atoms with Crippen molar-refractivity contribution in [3.63, 3.8) is 0 Å². The van der Waals surface area contributed by atoms with Gasteiger partial charge < -0.3 is 14.9 Å². The lowest BCUT2D eigenvalue weighted by atomic mass is 9.51. The predicted octanol–water partition coefficient (Wildman–Crippen LogP) is 5.02.